The molecule has 0 saturated heterocycles. The smallest absolute Gasteiger partial charge is 0.161 e. The molecule has 0 spiro atoms. The Bertz CT molecular complexity index is 492. The molecule has 1 aliphatic rings. The van der Waals surface area contributed by atoms with Gasteiger partial charge < -0.3 is 14.7 Å². The van der Waals surface area contributed by atoms with Crippen LogP contribution in [0.3, 0.4) is 0 Å². The van der Waals surface area contributed by atoms with Gasteiger partial charge in [-0.05, 0) is 29.7 Å². The van der Waals surface area contributed by atoms with Crippen molar-refractivity contribution in [3.8, 4) is 11.5 Å². The zero-order valence-electron chi connectivity index (χ0n) is 11.3. The largest absolute Gasteiger partial charge is 0.490 e. The molecule has 1 heterocycles. The molecule has 1 aliphatic heterocycles. The molecule has 0 atom stereocenters. The average Bonchev–Trinajstić information content (AvgIpc) is 2.63. The first kappa shape index (κ1) is 13.5. The second-order valence-corrected chi connectivity index (χ2v) is 4.77. The van der Waals surface area contributed by atoms with Gasteiger partial charge in [-0.1, -0.05) is 31.1 Å². The highest BCUT2D eigenvalue weighted by Gasteiger charge is 2.09. The lowest BCUT2D eigenvalue weighted by molar-refractivity contribution is 0.297. The van der Waals surface area contributed by atoms with E-state index in [1.54, 1.807) is 0 Å². The minimum absolute atomic E-state index is 0.182. The minimum atomic E-state index is 0.182. The third kappa shape index (κ3) is 3.50. The van der Waals surface area contributed by atoms with Crippen LogP contribution in [0, 0.1) is 5.92 Å². The van der Waals surface area contributed by atoms with Gasteiger partial charge in [-0.2, -0.15) is 0 Å². The van der Waals surface area contributed by atoms with E-state index in [1.807, 2.05) is 44.2 Å². The van der Waals surface area contributed by atoms with E-state index in [1.165, 1.54) is 0 Å². The third-order valence-corrected chi connectivity index (χ3v) is 2.93. The van der Waals surface area contributed by atoms with Crippen LogP contribution in [-0.2, 0) is 0 Å². The Labute approximate surface area is 113 Å². The fourth-order valence-electron chi connectivity index (χ4n) is 1.81. The molecule has 0 aromatic heterocycles. The van der Waals surface area contributed by atoms with E-state index in [4.69, 9.17) is 14.7 Å². The van der Waals surface area contributed by atoms with Gasteiger partial charge in [0.1, 0.15) is 0 Å². The van der Waals surface area contributed by atoms with Crippen molar-refractivity contribution in [1.82, 2.24) is 0 Å². The summed E-state index contributed by atoms with van der Waals surface area (Å²) in [4.78, 5) is 0. The quantitative estimate of drug-likeness (QED) is 0.515. The molecule has 1 N–H and O–H groups in total. The maximum absolute atomic E-state index is 8.90. The lowest BCUT2D eigenvalue weighted by atomic mass is 10.1. The molecule has 19 heavy (non-hydrogen) atoms. The standard InChI is InChI=1S/C15H19NO3/c1-11(2)13(16-17)6-4-12-5-7-14-15(10-12)19-9-3-8-18-14/h4-7,10-11,17H,3,8-9H2,1-2H3/b6-4+,16-13-. The number of rotatable bonds is 3. The molecular formula is C15H19NO3. The Balaban J connectivity index is 2.18. The normalized spacial score (nSPS) is 15.8. The van der Waals surface area contributed by atoms with Gasteiger partial charge in [0.15, 0.2) is 11.5 Å². The Morgan fingerprint density at radius 2 is 2.00 bits per heavy atom. The first-order valence-corrected chi connectivity index (χ1v) is 6.50. The number of fused-ring (bicyclic) bond motifs is 1. The first-order chi connectivity index (χ1) is 9.20. The van der Waals surface area contributed by atoms with E-state index in [0.717, 1.165) is 23.5 Å². The Morgan fingerprint density at radius 3 is 2.68 bits per heavy atom. The highest BCUT2D eigenvalue weighted by Crippen LogP contribution is 2.30. The van der Waals surface area contributed by atoms with Crippen molar-refractivity contribution < 1.29 is 14.7 Å². The summed E-state index contributed by atoms with van der Waals surface area (Å²) in [6, 6.07) is 5.80. The number of oxime groups is 1. The van der Waals surface area contributed by atoms with Crippen molar-refractivity contribution in [3.05, 3.63) is 29.8 Å². The fraction of sp³-hybridized carbons (Fsp3) is 0.400. The lowest BCUT2D eigenvalue weighted by Gasteiger charge is -2.07. The number of benzene rings is 1. The topological polar surface area (TPSA) is 51.0 Å². The maximum Gasteiger partial charge on any atom is 0.161 e. The molecule has 1 aromatic carbocycles. The summed E-state index contributed by atoms with van der Waals surface area (Å²) in [5.41, 5.74) is 1.64. The summed E-state index contributed by atoms with van der Waals surface area (Å²) in [5.74, 6) is 1.74. The van der Waals surface area contributed by atoms with Gasteiger partial charge in [-0.3, -0.25) is 0 Å². The predicted molar refractivity (Wildman–Crippen MR) is 75.1 cm³/mol. The van der Waals surface area contributed by atoms with E-state index < -0.39 is 0 Å². The number of nitrogens with zero attached hydrogens (tertiary/aromatic N) is 1. The van der Waals surface area contributed by atoms with Crippen molar-refractivity contribution in [1.29, 1.82) is 0 Å². The van der Waals surface area contributed by atoms with Crippen molar-refractivity contribution in [2.75, 3.05) is 13.2 Å². The van der Waals surface area contributed by atoms with Gasteiger partial charge in [0.05, 0.1) is 18.9 Å². The zero-order valence-corrected chi connectivity index (χ0v) is 11.3. The van der Waals surface area contributed by atoms with Crippen LogP contribution in [0.25, 0.3) is 6.08 Å². The van der Waals surface area contributed by atoms with Crippen molar-refractivity contribution in [2.45, 2.75) is 20.3 Å². The lowest BCUT2D eigenvalue weighted by Crippen LogP contribution is -2.03. The van der Waals surface area contributed by atoms with E-state index in [2.05, 4.69) is 5.16 Å². The van der Waals surface area contributed by atoms with Crippen LogP contribution in [0.4, 0.5) is 0 Å². The number of hydrogen-bond acceptors (Lipinski definition) is 4. The molecule has 0 radical (unpaired) electrons. The van der Waals surface area contributed by atoms with Crippen LogP contribution >= 0.6 is 0 Å². The summed E-state index contributed by atoms with van der Waals surface area (Å²) in [5, 5.41) is 12.2. The maximum atomic E-state index is 8.90. The second kappa shape index (κ2) is 6.27. The zero-order chi connectivity index (χ0) is 13.7. The monoisotopic (exact) mass is 261 g/mol. The highest BCUT2D eigenvalue weighted by molar-refractivity contribution is 5.99. The van der Waals surface area contributed by atoms with E-state index in [-0.39, 0.29) is 5.92 Å². The predicted octanol–water partition coefficient (Wildman–Crippen LogP) is 3.35. The molecule has 0 unspecified atom stereocenters. The molecule has 0 aliphatic carbocycles. The van der Waals surface area contributed by atoms with Crippen molar-refractivity contribution >= 4 is 11.8 Å². The van der Waals surface area contributed by atoms with E-state index >= 15 is 0 Å². The van der Waals surface area contributed by atoms with Crippen molar-refractivity contribution in [2.24, 2.45) is 11.1 Å². The SMILES string of the molecule is CC(C)C(/C=C/c1ccc2c(c1)OCCCO2)=N\O. The third-order valence-electron chi connectivity index (χ3n) is 2.93. The van der Waals surface area contributed by atoms with Crippen LogP contribution in [0.2, 0.25) is 0 Å². The van der Waals surface area contributed by atoms with Gasteiger partial charge in [0.2, 0.25) is 0 Å². The first-order valence-electron chi connectivity index (χ1n) is 6.50. The number of hydrogen-bond donors (Lipinski definition) is 1. The average molecular weight is 261 g/mol. The van der Waals surface area contributed by atoms with Crippen LogP contribution in [-0.4, -0.2) is 24.1 Å². The van der Waals surface area contributed by atoms with Crippen LogP contribution in [0.15, 0.2) is 29.4 Å². The molecule has 0 amide bonds. The van der Waals surface area contributed by atoms with Crippen LogP contribution < -0.4 is 9.47 Å². The summed E-state index contributed by atoms with van der Waals surface area (Å²) < 4.78 is 11.2. The fourth-order valence-corrected chi connectivity index (χ4v) is 1.81. The Morgan fingerprint density at radius 1 is 1.26 bits per heavy atom. The molecule has 0 bridgehead atoms. The molecule has 0 saturated carbocycles. The number of ether oxygens (including phenoxy) is 2. The van der Waals surface area contributed by atoms with E-state index in [9.17, 15) is 0 Å². The summed E-state index contributed by atoms with van der Waals surface area (Å²) in [7, 11) is 0. The minimum Gasteiger partial charge on any atom is -0.490 e. The molecule has 1 aromatic rings. The number of allylic oxidation sites excluding steroid dienone is 1. The van der Waals surface area contributed by atoms with E-state index in [0.29, 0.717) is 18.9 Å². The molecular weight excluding hydrogens is 242 g/mol. The molecule has 0 fully saturated rings. The van der Waals surface area contributed by atoms with Gasteiger partial charge >= 0.3 is 0 Å². The Kier molecular flexibility index (Phi) is 4.44. The van der Waals surface area contributed by atoms with Gasteiger partial charge in [0, 0.05) is 6.42 Å². The second-order valence-electron chi connectivity index (χ2n) is 4.77. The van der Waals surface area contributed by atoms with Crippen LogP contribution in [0.5, 0.6) is 11.5 Å². The highest BCUT2D eigenvalue weighted by atomic mass is 16.5. The van der Waals surface area contributed by atoms with Gasteiger partial charge in [0.25, 0.3) is 0 Å². The van der Waals surface area contributed by atoms with Gasteiger partial charge in [-0.25, -0.2) is 0 Å². The summed E-state index contributed by atoms with van der Waals surface area (Å²) in [6.07, 6.45) is 4.61. The van der Waals surface area contributed by atoms with Crippen molar-refractivity contribution in [3.63, 3.8) is 0 Å². The molecule has 102 valence electrons. The Hall–Kier alpha value is -1.97. The molecule has 4 heteroatoms. The van der Waals surface area contributed by atoms with Crippen LogP contribution in [0.1, 0.15) is 25.8 Å². The molecule has 4 nitrogen and oxygen atoms in total. The molecule has 2 rings (SSSR count). The summed E-state index contributed by atoms with van der Waals surface area (Å²) in [6.45, 7) is 5.33. The van der Waals surface area contributed by atoms with Gasteiger partial charge in [-0.15, -0.1) is 0 Å². The summed E-state index contributed by atoms with van der Waals surface area (Å²) >= 11 is 0.